The standard InChI is InChI=1S/C15H18N4O4S.Na/c1-6-8(5-24-9-3-4-17-15(16)18-9)12(14(22)23)19-11(6)10(7(2)20)13(19)21;/h3-4,6-7,10-11,20H,5H2,1-2H3,(H,22,23)(H2,16,17,18);/q;+1/p-1/t6-,7+,10+,11+;/m0./s1. The molecule has 1 fully saturated rings. The predicted molar refractivity (Wildman–Crippen MR) is 84.2 cm³/mol. The Labute approximate surface area is 171 Å². The Kier molecular flexibility index (Phi) is 6.16. The van der Waals surface area contributed by atoms with Gasteiger partial charge in [-0.05, 0) is 18.6 Å². The number of carboxylic acid groups (broad SMARTS) is 1. The number of thioether (sulfide) groups is 1. The molecule has 0 unspecified atom stereocenters. The van der Waals surface area contributed by atoms with Crippen LogP contribution < -0.4 is 40.4 Å². The maximum atomic E-state index is 12.2. The largest absolute Gasteiger partial charge is 1.00 e. The van der Waals surface area contributed by atoms with E-state index in [9.17, 15) is 19.8 Å². The van der Waals surface area contributed by atoms with Crippen molar-refractivity contribution in [1.29, 1.82) is 0 Å². The number of nitrogens with zero attached hydrogens (tertiary/aromatic N) is 3. The average molecular weight is 372 g/mol. The monoisotopic (exact) mass is 372 g/mol. The molecule has 0 spiro atoms. The molecule has 3 N–H and O–H groups in total. The number of β-lactam (4-membered cyclic amide) rings is 1. The van der Waals surface area contributed by atoms with Gasteiger partial charge in [0.25, 0.3) is 0 Å². The number of aliphatic hydroxyl groups is 1. The molecule has 4 atom stereocenters. The zero-order valence-electron chi connectivity index (χ0n) is 14.2. The van der Waals surface area contributed by atoms with Crippen molar-refractivity contribution in [3.05, 3.63) is 23.5 Å². The van der Waals surface area contributed by atoms with E-state index in [0.29, 0.717) is 16.4 Å². The summed E-state index contributed by atoms with van der Waals surface area (Å²) in [5.41, 5.74) is 6.07. The molecule has 2 aliphatic heterocycles. The van der Waals surface area contributed by atoms with Gasteiger partial charge >= 0.3 is 29.6 Å². The molecule has 1 amide bonds. The second kappa shape index (κ2) is 7.63. The molecule has 1 aromatic heterocycles. The van der Waals surface area contributed by atoms with Gasteiger partial charge in [-0.25, -0.2) is 9.97 Å². The van der Waals surface area contributed by atoms with E-state index in [1.165, 1.54) is 22.9 Å². The van der Waals surface area contributed by atoms with Crippen LogP contribution in [0.15, 0.2) is 28.6 Å². The van der Waals surface area contributed by atoms with Crippen molar-refractivity contribution in [3.8, 4) is 0 Å². The third-order valence-electron chi connectivity index (χ3n) is 4.53. The Balaban J connectivity index is 0.00000225. The summed E-state index contributed by atoms with van der Waals surface area (Å²) in [6, 6.07) is 1.34. The molecule has 10 heteroatoms. The van der Waals surface area contributed by atoms with Crippen molar-refractivity contribution in [2.75, 3.05) is 11.5 Å². The van der Waals surface area contributed by atoms with Crippen LogP contribution in [0.3, 0.4) is 0 Å². The first-order chi connectivity index (χ1) is 11.3. The number of aliphatic hydroxyl groups excluding tert-OH is 1. The SMILES string of the molecule is C[C@@H](O)[C@H]1C(=O)N2C(C(=O)[O-])=C(CSc3ccnc(N)n3)[C@H](C)[C@H]12.[Na+]. The fourth-order valence-electron chi connectivity index (χ4n) is 3.41. The van der Waals surface area contributed by atoms with Crippen molar-refractivity contribution < 1.29 is 49.4 Å². The van der Waals surface area contributed by atoms with Crippen LogP contribution in [0, 0.1) is 11.8 Å². The summed E-state index contributed by atoms with van der Waals surface area (Å²) in [4.78, 5) is 32.9. The molecular weight excluding hydrogens is 355 g/mol. The third-order valence-corrected chi connectivity index (χ3v) is 5.51. The minimum Gasteiger partial charge on any atom is -0.543 e. The number of carboxylic acids is 1. The average Bonchev–Trinajstić information content (AvgIpc) is 2.74. The number of amides is 1. The summed E-state index contributed by atoms with van der Waals surface area (Å²) in [7, 11) is 0. The quantitative estimate of drug-likeness (QED) is 0.231. The summed E-state index contributed by atoms with van der Waals surface area (Å²) in [5.74, 6) is -2.02. The van der Waals surface area contributed by atoms with Crippen molar-refractivity contribution in [3.63, 3.8) is 0 Å². The van der Waals surface area contributed by atoms with Gasteiger partial charge in [0.05, 0.1) is 29.7 Å². The van der Waals surface area contributed by atoms with E-state index in [4.69, 9.17) is 5.73 Å². The maximum absolute atomic E-state index is 12.2. The molecule has 0 bridgehead atoms. The molecule has 3 rings (SSSR count). The van der Waals surface area contributed by atoms with Crippen LogP contribution in [0.25, 0.3) is 0 Å². The van der Waals surface area contributed by atoms with E-state index >= 15 is 0 Å². The van der Waals surface area contributed by atoms with Gasteiger partial charge in [0, 0.05) is 17.9 Å². The summed E-state index contributed by atoms with van der Waals surface area (Å²) in [6.07, 6.45) is 0.703. The zero-order chi connectivity index (χ0) is 17.6. The third kappa shape index (κ3) is 3.43. The van der Waals surface area contributed by atoms with Gasteiger partial charge < -0.3 is 25.6 Å². The van der Waals surface area contributed by atoms with Gasteiger partial charge in [-0.1, -0.05) is 6.92 Å². The van der Waals surface area contributed by atoms with Gasteiger partial charge in [0.1, 0.15) is 5.03 Å². The molecule has 2 aliphatic rings. The van der Waals surface area contributed by atoms with Crippen LogP contribution in [-0.2, 0) is 9.59 Å². The first kappa shape index (κ1) is 20.2. The van der Waals surface area contributed by atoms with E-state index < -0.39 is 18.0 Å². The molecule has 8 nitrogen and oxygen atoms in total. The summed E-state index contributed by atoms with van der Waals surface area (Å²) >= 11 is 1.32. The number of aromatic nitrogens is 2. The Bertz CT molecular complexity index is 742. The van der Waals surface area contributed by atoms with Crippen molar-refractivity contribution >= 4 is 29.6 Å². The Morgan fingerprint density at radius 1 is 1.56 bits per heavy atom. The predicted octanol–water partition coefficient (Wildman–Crippen LogP) is -3.98. The molecule has 0 saturated carbocycles. The summed E-state index contributed by atoms with van der Waals surface area (Å²) in [6.45, 7) is 3.40. The van der Waals surface area contributed by atoms with Crippen LogP contribution >= 0.6 is 11.8 Å². The molecule has 3 heterocycles. The number of carbonyl (C=O) groups is 2. The Morgan fingerprint density at radius 2 is 2.24 bits per heavy atom. The molecular formula is C15H17N4NaO4S. The number of rotatable bonds is 5. The molecule has 0 aromatic carbocycles. The molecule has 25 heavy (non-hydrogen) atoms. The number of anilines is 1. The van der Waals surface area contributed by atoms with Crippen LogP contribution in [0.4, 0.5) is 5.95 Å². The van der Waals surface area contributed by atoms with Gasteiger partial charge in [-0.15, -0.1) is 11.8 Å². The van der Waals surface area contributed by atoms with Crippen LogP contribution in [-0.4, -0.2) is 49.7 Å². The Morgan fingerprint density at radius 3 is 2.80 bits per heavy atom. The number of nitrogen functional groups attached to an aromatic ring is 1. The number of carbonyl (C=O) groups excluding carboxylic acids is 2. The first-order valence-corrected chi connectivity index (χ1v) is 8.48. The second-order valence-electron chi connectivity index (χ2n) is 5.96. The molecule has 1 aromatic rings. The van der Waals surface area contributed by atoms with Crippen LogP contribution in [0.5, 0.6) is 0 Å². The number of aliphatic carboxylic acids is 1. The number of fused-ring (bicyclic) bond motifs is 1. The van der Waals surface area contributed by atoms with Crippen molar-refractivity contribution in [2.24, 2.45) is 11.8 Å². The number of hydrogen-bond acceptors (Lipinski definition) is 8. The number of nitrogens with two attached hydrogens (primary N) is 1. The van der Waals surface area contributed by atoms with E-state index in [0.717, 1.165) is 0 Å². The molecule has 128 valence electrons. The van der Waals surface area contributed by atoms with E-state index in [1.807, 2.05) is 6.92 Å². The Hall–Kier alpha value is -1.13. The van der Waals surface area contributed by atoms with Crippen molar-refractivity contribution in [2.45, 2.75) is 31.0 Å². The molecule has 1 saturated heterocycles. The van der Waals surface area contributed by atoms with Gasteiger partial charge in [-0.3, -0.25) is 4.79 Å². The van der Waals surface area contributed by atoms with E-state index in [1.54, 1.807) is 13.0 Å². The van der Waals surface area contributed by atoms with E-state index in [2.05, 4.69) is 9.97 Å². The second-order valence-corrected chi connectivity index (χ2v) is 6.95. The van der Waals surface area contributed by atoms with E-state index in [-0.39, 0.29) is 59.1 Å². The fraction of sp³-hybridized carbons (Fsp3) is 0.467. The molecule has 0 radical (unpaired) electrons. The molecule has 0 aliphatic carbocycles. The van der Waals surface area contributed by atoms with Crippen molar-refractivity contribution in [1.82, 2.24) is 14.9 Å². The van der Waals surface area contributed by atoms with Gasteiger partial charge in [-0.2, -0.15) is 0 Å². The van der Waals surface area contributed by atoms with Gasteiger partial charge in [0.2, 0.25) is 11.9 Å². The van der Waals surface area contributed by atoms with Crippen LogP contribution in [0.1, 0.15) is 13.8 Å². The summed E-state index contributed by atoms with van der Waals surface area (Å²) in [5, 5.41) is 22.0. The van der Waals surface area contributed by atoms with Crippen LogP contribution in [0.2, 0.25) is 0 Å². The first-order valence-electron chi connectivity index (χ1n) is 7.49. The topological polar surface area (TPSA) is 132 Å². The smallest absolute Gasteiger partial charge is 0.543 e. The van der Waals surface area contributed by atoms with Gasteiger partial charge in [0.15, 0.2) is 0 Å². The minimum atomic E-state index is -1.38. The zero-order valence-corrected chi connectivity index (χ0v) is 17.0. The minimum absolute atomic E-state index is 0. The maximum Gasteiger partial charge on any atom is 1.00 e. The normalized spacial score (nSPS) is 26.0. The fourth-order valence-corrected chi connectivity index (χ4v) is 4.43. The number of hydrogen-bond donors (Lipinski definition) is 2. The summed E-state index contributed by atoms with van der Waals surface area (Å²) < 4.78 is 0.